The Labute approximate surface area is 157 Å². The summed E-state index contributed by atoms with van der Waals surface area (Å²) >= 11 is 0. The van der Waals surface area contributed by atoms with E-state index in [-0.39, 0.29) is 5.71 Å². The van der Waals surface area contributed by atoms with Gasteiger partial charge in [0.1, 0.15) is 5.41 Å². The predicted octanol–water partition coefficient (Wildman–Crippen LogP) is 4.00. The number of ether oxygens (including phenoxy) is 1. The Morgan fingerprint density at radius 1 is 0.741 bits per heavy atom. The molecule has 4 rings (SSSR count). The fraction of sp³-hybridized carbons (Fsp3) is 0.0870. The van der Waals surface area contributed by atoms with Gasteiger partial charge in [-0.25, -0.2) is 4.79 Å². The molecule has 0 radical (unpaired) electrons. The second kappa shape index (κ2) is 7.00. The minimum atomic E-state index is -0.934. The number of hydrogen-bond acceptors (Lipinski definition) is 4. The van der Waals surface area contributed by atoms with Crippen LogP contribution in [0, 0.1) is 0 Å². The maximum absolute atomic E-state index is 12.7. The van der Waals surface area contributed by atoms with Crippen LogP contribution in [-0.2, 0) is 14.9 Å². The van der Waals surface area contributed by atoms with Gasteiger partial charge >= 0.3 is 5.97 Å². The number of hydrogen-bond donors (Lipinski definition) is 0. The Balaban J connectivity index is 2.06. The first kappa shape index (κ1) is 16.9. The third kappa shape index (κ3) is 2.66. The fourth-order valence-corrected chi connectivity index (χ4v) is 3.61. The highest BCUT2D eigenvalue weighted by molar-refractivity contribution is 6.49. The third-order valence-electron chi connectivity index (χ3n) is 4.80. The van der Waals surface area contributed by atoms with Crippen LogP contribution in [0.3, 0.4) is 0 Å². The summed E-state index contributed by atoms with van der Waals surface area (Å²) in [4.78, 5) is 12.7. The molecular weight excluding hydrogens is 336 g/mol. The molecule has 0 N–H and O–H groups in total. The predicted molar refractivity (Wildman–Crippen MR) is 106 cm³/mol. The molecule has 0 bridgehead atoms. The van der Waals surface area contributed by atoms with E-state index in [1.165, 1.54) is 7.11 Å². The van der Waals surface area contributed by atoms with Crippen LogP contribution in [0.25, 0.3) is 0 Å². The molecule has 132 valence electrons. The quantitative estimate of drug-likeness (QED) is 0.665. The van der Waals surface area contributed by atoms with Gasteiger partial charge in [-0.3, -0.25) is 0 Å². The summed E-state index contributed by atoms with van der Waals surface area (Å²) < 4.78 is 5.07. The largest absolute Gasteiger partial charge is 0.464 e. The molecule has 0 spiro atoms. The van der Waals surface area contributed by atoms with Crippen molar-refractivity contribution in [3.63, 3.8) is 0 Å². The summed E-state index contributed by atoms with van der Waals surface area (Å²) in [5.74, 6) is -0.489. The van der Waals surface area contributed by atoms with Crippen molar-refractivity contribution in [1.82, 2.24) is 0 Å². The molecule has 1 heterocycles. The Hall–Kier alpha value is -3.53. The normalized spacial score (nSPS) is 15.0. The Bertz CT molecular complexity index is 971. The average Bonchev–Trinajstić information content (AvgIpc) is 3.16. The zero-order valence-corrected chi connectivity index (χ0v) is 14.9. The SMILES string of the molecule is COC(=O)C1=NN=C(c2ccccc2)C1(c1ccccc1)c1ccccc1. The smallest absolute Gasteiger partial charge is 0.356 e. The molecule has 4 nitrogen and oxygen atoms in total. The summed E-state index contributed by atoms with van der Waals surface area (Å²) in [6, 6.07) is 29.5. The fourth-order valence-electron chi connectivity index (χ4n) is 3.61. The van der Waals surface area contributed by atoms with Gasteiger partial charge in [0.15, 0.2) is 5.71 Å². The third-order valence-corrected chi connectivity index (χ3v) is 4.80. The molecule has 0 aliphatic carbocycles. The first-order valence-electron chi connectivity index (χ1n) is 8.70. The van der Waals surface area contributed by atoms with Gasteiger partial charge in [0.05, 0.1) is 12.8 Å². The summed E-state index contributed by atoms with van der Waals surface area (Å²) in [6.45, 7) is 0. The lowest BCUT2D eigenvalue weighted by Crippen LogP contribution is -2.46. The lowest BCUT2D eigenvalue weighted by molar-refractivity contribution is -0.132. The number of benzene rings is 3. The monoisotopic (exact) mass is 354 g/mol. The highest BCUT2D eigenvalue weighted by Gasteiger charge is 2.51. The van der Waals surface area contributed by atoms with E-state index in [1.807, 2.05) is 91.0 Å². The Morgan fingerprint density at radius 2 is 1.22 bits per heavy atom. The highest BCUT2D eigenvalue weighted by atomic mass is 16.5. The van der Waals surface area contributed by atoms with E-state index in [2.05, 4.69) is 10.2 Å². The van der Waals surface area contributed by atoms with Gasteiger partial charge in [-0.05, 0) is 16.7 Å². The number of carbonyl (C=O) groups is 1. The van der Waals surface area contributed by atoms with E-state index in [0.717, 1.165) is 16.7 Å². The first-order chi connectivity index (χ1) is 13.3. The van der Waals surface area contributed by atoms with Gasteiger partial charge in [0.2, 0.25) is 0 Å². The molecule has 0 atom stereocenters. The van der Waals surface area contributed by atoms with Crippen molar-refractivity contribution in [2.45, 2.75) is 5.41 Å². The van der Waals surface area contributed by atoms with E-state index < -0.39 is 11.4 Å². The van der Waals surface area contributed by atoms with Gasteiger partial charge in [0.25, 0.3) is 0 Å². The molecular formula is C23H18N2O2. The van der Waals surface area contributed by atoms with Gasteiger partial charge < -0.3 is 4.74 Å². The number of esters is 1. The molecule has 0 amide bonds. The number of carbonyl (C=O) groups excluding carboxylic acids is 1. The summed E-state index contributed by atoms with van der Waals surface area (Å²) in [5, 5.41) is 8.77. The number of rotatable bonds is 4. The van der Waals surface area contributed by atoms with Crippen molar-refractivity contribution < 1.29 is 9.53 Å². The average molecular weight is 354 g/mol. The zero-order valence-electron chi connectivity index (χ0n) is 14.9. The second-order valence-electron chi connectivity index (χ2n) is 6.24. The van der Waals surface area contributed by atoms with Crippen molar-refractivity contribution in [3.05, 3.63) is 108 Å². The Kier molecular flexibility index (Phi) is 4.38. The molecule has 0 saturated carbocycles. The van der Waals surface area contributed by atoms with E-state index >= 15 is 0 Å². The Morgan fingerprint density at radius 3 is 1.70 bits per heavy atom. The summed E-state index contributed by atoms with van der Waals surface area (Å²) in [5.41, 5.74) is 2.78. The first-order valence-corrected chi connectivity index (χ1v) is 8.70. The molecule has 0 saturated heterocycles. The molecule has 0 aromatic heterocycles. The molecule has 0 fully saturated rings. The van der Waals surface area contributed by atoms with E-state index in [0.29, 0.717) is 5.71 Å². The minimum absolute atomic E-state index is 0.265. The van der Waals surface area contributed by atoms with Gasteiger partial charge in [-0.1, -0.05) is 91.0 Å². The molecule has 27 heavy (non-hydrogen) atoms. The van der Waals surface area contributed by atoms with Crippen LogP contribution < -0.4 is 0 Å². The zero-order chi connectivity index (χ0) is 18.7. The van der Waals surface area contributed by atoms with E-state index in [9.17, 15) is 4.79 Å². The van der Waals surface area contributed by atoms with Crippen LogP contribution in [0.2, 0.25) is 0 Å². The molecule has 1 aliphatic heterocycles. The van der Waals surface area contributed by atoms with Crippen LogP contribution in [0.1, 0.15) is 16.7 Å². The van der Waals surface area contributed by atoms with Crippen molar-refractivity contribution in [1.29, 1.82) is 0 Å². The van der Waals surface area contributed by atoms with Gasteiger partial charge in [-0.2, -0.15) is 5.10 Å². The topological polar surface area (TPSA) is 51.0 Å². The molecule has 4 heteroatoms. The summed E-state index contributed by atoms with van der Waals surface area (Å²) in [7, 11) is 1.37. The maximum atomic E-state index is 12.7. The van der Waals surface area contributed by atoms with Gasteiger partial charge in [-0.15, -0.1) is 5.10 Å². The maximum Gasteiger partial charge on any atom is 0.356 e. The van der Waals surface area contributed by atoms with Crippen LogP contribution in [0.15, 0.2) is 101 Å². The molecule has 1 aliphatic rings. The molecule has 0 unspecified atom stereocenters. The molecule has 3 aromatic rings. The van der Waals surface area contributed by atoms with Crippen LogP contribution in [0.5, 0.6) is 0 Å². The van der Waals surface area contributed by atoms with E-state index in [4.69, 9.17) is 4.74 Å². The van der Waals surface area contributed by atoms with E-state index in [1.54, 1.807) is 0 Å². The van der Waals surface area contributed by atoms with Crippen molar-refractivity contribution >= 4 is 17.4 Å². The van der Waals surface area contributed by atoms with Crippen molar-refractivity contribution in [2.24, 2.45) is 10.2 Å². The summed E-state index contributed by atoms with van der Waals surface area (Å²) in [6.07, 6.45) is 0. The van der Waals surface area contributed by atoms with Crippen molar-refractivity contribution in [2.75, 3.05) is 7.11 Å². The lowest BCUT2D eigenvalue weighted by atomic mass is 9.66. The van der Waals surface area contributed by atoms with Crippen LogP contribution in [0.4, 0.5) is 0 Å². The minimum Gasteiger partial charge on any atom is -0.464 e. The number of nitrogens with zero attached hydrogens (tertiary/aromatic N) is 2. The van der Waals surface area contributed by atoms with Crippen LogP contribution >= 0.6 is 0 Å². The highest BCUT2D eigenvalue weighted by Crippen LogP contribution is 2.41. The van der Waals surface area contributed by atoms with Crippen molar-refractivity contribution in [3.8, 4) is 0 Å². The number of methoxy groups -OCH3 is 1. The van der Waals surface area contributed by atoms with Gasteiger partial charge in [0, 0.05) is 0 Å². The van der Waals surface area contributed by atoms with Crippen LogP contribution in [-0.4, -0.2) is 24.5 Å². The lowest BCUT2D eigenvalue weighted by Gasteiger charge is -2.32. The second-order valence-corrected chi connectivity index (χ2v) is 6.24. The standard InChI is InChI=1S/C23H18N2O2/c1-27-22(26)21-23(18-13-7-3-8-14-18,19-15-9-4-10-16-19)20(24-25-21)17-11-5-2-6-12-17/h2-16H,1H3. The molecule has 3 aromatic carbocycles.